The molecule has 356 valence electrons. The Morgan fingerprint density at radius 3 is 0.851 bits per heavy atom. The fraction of sp³-hybridized carbons (Fsp3) is 0.404. The predicted molar refractivity (Wildman–Crippen MR) is 262 cm³/mol. The monoisotopic (exact) mass is 912 g/mol. The second-order valence-corrected chi connectivity index (χ2v) is 16.8. The van der Waals surface area contributed by atoms with Crippen LogP contribution in [0.2, 0.25) is 0 Å². The van der Waals surface area contributed by atoms with Crippen LogP contribution in [0.5, 0.6) is 34.5 Å². The molecule has 10 heteroatoms. The fourth-order valence-corrected chi connectivity index (χ4v) is 7.34. The Labute approximate surface area is 397 Å². The van der Waals surface area contributed by atoms with E-state index in [1.807, 2.05) is 0 Å². The standard InChI is InChI=1S/C57H68O10/c1-3-5-7-9-11-13-15-17-19-21-42-63-49-35-27-45(28-36-49)55(59)65-51-39-31-47(32-40-51)57(61)67-53-24-22-23-52(43-53)66-56(60)46-29-37-50(38-30-46)64-54(58)44-25-33-48(34-26-44)62-41-20-18-16-14-12-10-8-6-4-2/h22-40,43H,3-21,41-42H2,1-2H3. The molecule has 0 aliphatic rings. The number of benzene rings is 5. The smallest absolute Gasteiger partial charge is 0.343 e. The van der Waals surface area contributed by atoms with E-state index < -0.39 is 23.9 Å². The zero-order chi connectivity index (χ0) is 47.3. The van der Waals surface area contributed by atoms with Crippen LogP contribution in [0.1, 0.15) is 177 Å². The lowest BCUT2D eigenvalue weighted by Crippen LogP contribution is -2.11. The molecule has 0 aliphatic heterocycles. The molecule has 0 atom stereocenters. The Hall–Kier alpha value is -6.42. The summed E-state index contributed by atoms with van der Waals surface area (Å²) in [5.74, 6) is -0.156. The second kappa shape index (κ2) is 30.0. The van der Waals surface area contributed by atoms with Crippen LogP contribution in [0.25, 0.3) is 0 Å². The first-order chi connectivity index (χ1) is 32.8. The minimum absolute atomic E-state index is 0.155. The number of esters is 4. The van der Waals surface area contributed by atoms with Crippen molar-refractivity contribution in [1.82, 2.24) is 0 Å². The first kappa shape index (κ1) is 51.6. The Bertz CT molecular complexity index is 2210. The van der Waals surface area contributed by atoms with Crippen molar-refractivity contribution in [3.63, 3.8) is 0 Å². The van der Waals surface area contributed by atoms with Crippen LogP contribution in [-0.4, -0.2) is 37.1 Å². The molecule has 0 saturated heterocycles. The number of hydrogen-bond acceptors (Lipinski definition) is 10. The van der Waals surface area contributed by atoms with Gasteiger partial charge in [-0.1, -0.05) is 129 Å². The van der Waals surface area contributed by atoms with Gasteiger partial charge in [-0.2, -0.15) is 0 Å². The van der Waals surface area contributed by atoms with E-state index in [1.165, 1.54) is 151 Å². The van der Waals surface area contributed by atoms with Crippen LogP contribution in [0.15, 0.2) is 121 Å². The molecule has 0 spiro atoms. The van der Waals surface area contributed by atoms with Crippen molar-refractivity contribution >= 4 is 23.9 Å². The summed E-state index contributed by atoms with van der Waals surface area (Å²) in [6, 6.07) is 31.8. The number of carbonyl (C=O) groups excluding carboxylic acids is 4. The lowest BCUT2D eigenvalue weighted by Gasteiger charge is -2.09. The van der Waals surface area contributed by atoms with E-state index in [1.54, 1.807) is 66.7 Å². The van der Waals surface area contributed by atoms with Crippen LogP contribution in [0.4, 0.5) is 0 Å². The zero-order valence-corrected chi connectivity index (χ0v) is 39.5. The largest absolute Gasteiger partial charge is 0.494 e. The molecule has 0 aromatic heterocycles. The van der Waals surface area contributed by atoms with Crippen LogP contribution >= 0.6 is 0 Å². The first-order valence-corrected chi connectivity index (χ1v) is 24.5. The first-order valence-electron chi connectivity index (χ1n) is 24.5. The molecular weight excluding hydrogens is 845 g/mol. The summed E-state index contributed by atoms with van der Waals surface area (Å²) < 4.78 is 33.8. The molecular formula is C57H68O10. The minimum atomic E-state index is -0.659. The molecule has 0 saturated carbocycles. The lowest BCUT2D eigenvalue weighted by molar-refractivity contribution is 0.0723. The van der Waals surface area contributed by atoms with Crippen LogP contribution in [0, 0.1) is 0 Å². The Balaban J connectivity index is 0.980. The summed E-state index contributed by atoms with van der Waals surface area (Å²) in [7, 11) is 0. The molecule has 0 unspecified atom stereocenters. The summed E-state index contributed by atoms with van der Waals surface area (Å²) in [5.41, 5.74) is 1.18. The number of unbranched alkanes of at least 4 members (excludes halogenated alkanes) is 17. The van der Waals surface area contributed by atoms with Gasteiger partial charge in [-0.05, 0) is 122 Å². The third kappa shape index (κ3) is 19.5. The van der Waals surface area contributed by atoms with E-state index in [-0.39, 0.29) is 34.1 Å². The fourth-order valence-electron chi connectivity index (χ4n) is 7.34. The van der Waals surface area contributed by atoms with Gasteiger partial charge < -0.3 is 28.4 Å². The highest BCUT2D eigenvalue weighted by atomic mass is 16.6. The molecule has 0 amide bonds. The molecule has 0 N–H and O–H groups in total. The van der Waals surface area contributed by atoms with Crippen molar-refractivity contribution in [3.05, 3.63) is 144 Å². The van der Waals surface area contributed by atoms with Crippen LogP contribution in [-0.2, 0) is 0 Å². The van der Waals surface area contributed by atoms with E-state index in [0.29, 0.717) is 35.8 Å². The van der Waals surface area contributed by atoms with Gasteiger partial charge in [0, 0.05) is 6.07 Å². The van der Waals surface area contributed by atoms with Gasteiger partial charge in [0.1, 0.15) is 34.5 Å². The predicted octanol–water partition coefficient (Wildman–Crippen LogP) is 14.8. The van der Waals surface area contributed by atoms with Crippen molar-refractivity contribution in [2.24, 2.45) is 0 Å². The van der Waals surface area contributed by atoms with Gasteiger partial charge >= 0.3 is 23.9 Å². The van der Waals surface area contributed by atoms with Gasteiger partial charge in [0.2, 0.25) is 0 Å². The van der Waals surface area contributed by atoms with Crippen molar-refractivity contribution < 1.29 is 47.6 Å². The van der Waals surface area contributed by atoms with Crippen molar-refractivity contribution in [1.29, 1.82) is 0 Å². The van der Waals surface area contributed by atoms with Crippen LogP contribution in [0.3, 0.4) is 0 Å². The normalized spacial score (nSPS) is 10.8. The average Bonchev–Trinajstić information content (AvgIpc) is 3.34. The Morgan fingerprint density at radius 2 is 0.552 bits per heavy atom. The maximum absolute atomic E-state index is 13.0. The topological polar surface area (TPSA) is 124 Å². The number of rotatable bonds is 31. The van der Waals surface area contributed by atoms with Gasteiger partial charge in [0.25, 0.3) is 0 Å². The molecule has 0 bridgehead atoms. The summed E-state index contributed by atoms with van der Waals surface area (Å²) in [5, 5.41) is 0. The van der Waals surface area contributed by atoms with E-state index in [2.05, 4.69) is 13.8 Å². The van der Waals surface area contributed by atoms with Gasteiger partial charge in [-0.15, -0.1) is 0 Å². The molecule has 0 heterocycles. The average molecular weight is 913 g/mol. The Kier molecular flexibility index (Phi) is 23.1. The van der Waals surface area contributed by atoms with E-state index in [9.17, 15) is 19.2 Å². The van der Waals surface area contributed by atoms with Gasteiger partial charge in [-0.3, -0.25) is 0 Å². The minimum Gasteiger partial charge on any atom is -0.494 e. The van der Waals surface area contributed by atoms with Crippen molar-refractivity contribution in [3.8, 4) is 34.5 Å². The van der Waals surface area contributed by atoms with E-state index in [4.69, 9.17) is 28.4 Å². The second-order valence-electron chi connectivity index (χ2n) is 16.8. The molecule has 0 radical (unpaired) electrons. The maximum atomic E-state index is 13.0. The molecule has 10 nitrogen and oxygen atoms in total. The summed E-state index contributed by atoms with van der Waals surface area (Å²) >= 11 is 0. The molecule has 0 fully saturated rings. The molecule has 5 aromatic carbocycles. The maximum Gasteiger partial charge on any atom is 0.343 e. The molecule has 5 aromatic rings. The quantitative estimate of drug-likeness (QED) is 0.0241. The highest BCUT2D eigenvalue weighted by Crippen LogP contribution is 2.24. The van der Waals surface area contributed by atoms with E-state index in [0.717, 1.165) is 25.7 Å². The summed E-state index contributed by atoms with van der Waals surface area (Å²) in [6.45, 7) is 5.75. The molecule has 0 aliphatic carbocycles. The van der Waals surface area contributed by atoms with Gasteiger partial charge in [0.05, 0.1) is 35.5 Å². The number of carbonyl (C=O) groups is 4. The number of ether oxygens (including phenoxy) is 6. The van der Waals surface area contributed by atoms with Gasteiger partial charge in [0.15, 0.2) is 0 Å². The zero-order valence-electron chi connectivity index (χ0n) is 39.5. The Morgan fingerprint density at radius 1 is 0.299 bits per heavy atom. The lowest BCUT2D eigenvalue weighted by atomic mass is 10.1. The highest BCUT2D eigenvalue weighted by Gasteiger charge is 2.15. The highest BCUT2D eigenvalue weighted by molar-refractivity contribution is 5.94. The molecule has 67 heavy (non-hydrogen) atoms. The van der Waals surface area contributed by atoms with Crippen molar-refractivity contribution in [2.75, 3.05) is 13.2 Å². The SMILES string of the molecule is CCCCCCCCCCCCOc1ccc(C(=O)Oc2ccc(C(=O)Oc3cccc(OC(=O)c4ccc(OC(=O)c5ccc(OCCCCCCCCCCC)cc5)cc4)c3)cc2)cc1. The third-order valence-corrected chi connectivity index (χ3v) is 11.3. The summed E-state index contributed by atoms with van der Waals surface area (Å²) in [4.78, 5) is 51.6. The van der Waals surface area contributed by atoms with E-state index >= 15 is 0 Å². The molecule has 5 rings (SSSR count). The number of hydrogen-bond donors (Lipinski definition) is 0. The van der Waals surface area contributed by atoms with Gasteiger partial charge in [-0.25, -0.2) is 19.2 Å². The third-order valence-electron chi connectivity index (χ3n) is 11.3. The van der Waals surface area contributed by atoms with Crippen LogP contribution < -0.4 is 28.4 Å². The van der Waals surface area contributed by atoms with Crippen molar-refractivity contribution in [2.45, 2.75) is 136 Å². The summed E-state index contributed by atoms with van der Waals surface area (Å²) in [6.07, 6.45) is 23.9.